The number of hydrogen-bond donors (Lipinski definition) is 0. The highest BCUT2D eigenvalue weighted by Crippen LogP contribution is 2.48. The van der Waals surface area contributed by atoms with Gasteiger partial charge in [0, 0.05) is 0 Å². The molecule has 0 bridgehead atoms. The van der Waals surface area contributed by atoms with Crippen LogP contribution in [0.3, 0.4) is 0 Å². The standard InChI is InChI=1S/C30H62/c1-6-11-16-19-23-28-30(26-21-14-9-4,27-22-18-13-8-3)29(24-15-10-5)25-20-17-12-7-2/h29H,6-28H2,1-5H3. The van der Waals surface area contributed by atoms with Crippen molar-refractivity contribution in [2.45, 2.75) is 182 Å². The first-order valence-electron chi connectivity index (χ1n) is 14.7. The molecule has 0 aliphatic rings. The maximum atomic E-state index is 2.40. The van der Waals surface area contributed by atoms with Crippen LogP contribution in [0.15, 0.2) is 0 Å². The number of unbranched alkanes of at least 4 members (excludes halogenated alkanes) is 13. The molecule has 0 aromatic heterocycles. The van der Waals surface area contributed by atoms with Gasteiger partial charge in [-0.05, 0) is 43.4 Å². The van der Waals surface area contributed by atoms with Crippen molar-refractivity contribution >= 4 is 0 Å². The summed E-state index contributed by atoms with van der Waals surface area (Å²) in [5, 5.41) is 0. The van der Waals surface area contributed by atoms with Crippen LogP contribution in [0.4, 0.5) is 0 Å². The third kappa shape index (κ3) is 14.9. The molecule has 0 nitrogen and oxygen atoms in total. The molecule has 0 amide bonds. The molecule has 0 spiro atoms. The Bertz CT molecular complexity index is 320. The van der Waals surface area contributed by atoms with Crippen molar-refractivity contribution in [2.24, 2.45) is 11.3 Å². The molecule has 182 valence electrons. The summed E-state index contributed by atoms with van der Waals surface area (Å²) < 4.78 is 0. The van der Waals surface area contributed by atoms with E-state index in [4.69, 9.17) is 0 Å². The third-order valence-electron chi connectivity index (χ3n) is 7.76. The monoisotopic (exact) mass is 422 g/mol. The summed E-state index contributed by atoms with van der Waals surface area (Å²) in [7, 11) is 0. The Hall–Kier alpha value is 0. The van der Waals surface area contributed by atoms with Crippen LogP contribution in [0, 0.1) is 11.3 Å². The van der Waals surface area contributed by atoms with Crippen molar-refractivity contribution in [2.75, 3.05) is 0 Å². The molecule has 0 saturated heterocycles. The summed E-state index contributed by atoms with van der Waals surface area (Å²) in [4.78, 5) is 0. The highest BCUT2D eigenvalue weighted by molar-refractivity contribution is 4.87. The van der Waals surface area contributed by atoms with Crippen molar-refractivity contribution in [3.8, 4) is 0 Å². The Morgan fingerprint density at radius 1 is 0.367 bits per heavy atom. The Morgan fingerprint density at radius 3 is 1.20 bits per heavy atom. The SMILES string of the molecule is CCCCCCCC(CCCCC)(CCCCCC)C(CCCC)CCCCCC. The van der Waals surface area contributed by atoms with Gasteiger partial charge in [-0.15, -0.1) is 0 Å². The predicted molar refractivity (Wildman–Crippen MR) is 140 cm³/mol. The van der Waals surface area contributed by atoms with Gasteiger partial charge in [-0.25, -0.2) is 0 Å². The van der Waals surface area contributed by atoms with Crippen LogP contribution in [0.1, 0.15) is 182 Å². The van der Waals surface area contributed by atoms with Crippen LogP contribution in [0.5, 0.6) is 0 Å². The van der Waals surface area contributed by atoms with Gasteiger partial charge in [0.1, 0.15) is 0 Å². The fourth-order valence-electron chi connectivity index (χ4n) is 5.72. The lowest BCUT2D eigenvalue weighted by Gasteiger charge is -2.43. The first-order valence-corrected chi connectivity index (χ1v) is 14.7. The van der Waals surface area contributed by atoms with Crippen LogP contribution >= 0.6 is 0 Å². The molecule has 0 heteroatoms. The third-order valence-corrected chi connectivity index (χ3v) is 7.76. The van der Waals surface area contributed by atoms with Crippen LogP contribution in [0.2, 0.25) is 0 Å². The zero-order chi connectivity index (χ0) is 22.3. The minimum Gasteiger partial charge on any atom is -0.0654 e. The van der Waals surface area contributed by atoms with E-state index in [1.165, 1.54) is 148 Å². The highest BCUT2D eigenvalue weighted by Gasteiger charge is 2.36. The lowest BCUT2D eigenvalue weighted by Crippen LogP contribution is -2.31. The average Bonchev–Trinajstić information content (AvgIpc) is 2.76. The second-order valence-corrected chi connectivity index (χ2v) is 10.5. The fraction of sp³-hybridized carbons (Fsp3) is 1.00. The van der Waals surface area contributed by atoms with Gasteiger partial charge < -0.3 is 0 Å². The Kier molecular flexibility index (Phi) is 22.2. The summed E-state index contributed by atoms with van der Waals surface area (Å²) in [6, 6.07) is 0. The summed E-state index contributed by atoms with van der Waals surface area (Å²) in [5.74, 6) is 0.999. The first kappa shape index (κ1) is 30.0. The van der Waals surface area contributed by atoms with E-state index in [1.807, 2.05) is 0 Å². The van der Waals surface area contributed by atoms with E-state index in [9.17, 15) is 0 Å². The second-order valence-electron chi connectivity index (χ2n) is 10.5. The number of hydrogen-bond acceptors (Lipinski definition) is 0. The molecule has 2 atom stereocenters. The van der Waals surface area contributed by atoms with Gasteiger partial charge in [-0.2, -0.15) is 0 Å². The zero-order valence-electron chi connectivity index (χ0n) is 22.3. The molecule has 0 aromatic carbocycles. The van der Waals surface area contributed by atoms with Gasteiger partial charge in [0.15, 0.2) is 0 Å². The minimum absolute atomic E-state index is 0.663. The van der Waals surface area contributed by atoms with Crippen molar-refractivity contribution in [3.63, 3.8) is 0 Å². The van der Waals surface area contributed by atoms with E-state index in [0.717, 1.165) is 5.92 Å². The molecule has 0 radical (unpaired) electrons. The van der Waals surface area contributed by atoms with Crippen LogP contribution in [-0.4, -0.2) is 0 Å². The molecule has 0 fully saturated rings. The zero-order valence-corrected chi connectivity index (χ0v) is 22.3. The van der Waals surface area contributed by atoms with E-state index in [-0.39, 0.29) is 0 Å². The van der Waals surface area contributed by atoms with Gasteiger partial charge in [0.25, 0.3) is 0 Å². The smallest absolute Gasteiger partial charge is 0.0269 e. The van der Waals surface area contributed by atoms with Crippen LogP contribution in [-0.2, 0) is 0 Å². The van der Waals surface area contributed by atoms with Crippen LogP contribution in [0.25, 0.3) is 0 Å². The minimum atomic E-state index is 0.663. The maximum Gasteiger partial charge on any atom is -0.0269 e. The van der Waals surface area contributed by atoms with Crippen molar-refractivity contribution in [1.82, 2.24) is 0 Å². The lowest BCUT2D eigenvalue weighted by atomic mass is 9.62. The van der Waals surface area contributed by atoms with Crippen molar-refractivity contribution < 1.29 is 0 Å². The molecule has 0 heterocycles. The molecular formula is C30H62. The molecule has 0 aliphatic heterocycles. The molecule has 0 aliphatic carbocycles. The normalized spacial score (nSPS) is 14.7. The lowest BCUT2D eigenvalue weighted by molar-refractivity contribution is 0.0821. The molecular weight excluding hydrogens is 360 g/mol. The second kappa shape index (κ2) is 22.2. The topological polar surface area (TPSA) is 0 Å². The molecule has 0 saturated carbocycles. The first-order chi connectivity index (χ1) is 14.7. The maximum absolute atomic E-state index is 2.40. The Morgan fingerprint density at radius 2 is 0.700 bits per heavy atom. The van der Waals surface area contributed by atoms with Crippen LogP contribution < -0.4 is 0 Å². The molecule has 2 unspecified atom stereocenters. The van der Waals surface area contributed by atoms with E-state index in [1.54, 1.807) is 0 Å². The van der Waals surface area contributed by atoms with E-state index >= 15 is 0 Å². The van der Waals surface area contributed by atoms with Gasteiger partial charge in [0.2, 0.25) is 0 Å². The fourth-order valence-corrected chi connectivity index (χ4v) is 5.72. The van der Waals surface area contributed by atoms with Gasteiger partial charge >= 0.3 is 0 Å². The predicted octanol–water partition coefficient (Wildman–Crippen LogP) is 11.7. The van der Waals surface area contributed by atoms with Gasteiger partial charge in [0.05, 0.1) is 0 Å². The van der Waals surface area contributed by atoms with Gasteiger partial charge in [-0.1, -0.05) is 150 Å². The van der Waals surface area contributed by atoms with Crippen molar-refractivity contribution in [1.29, 1.82) is 0 Å². The largest absolute Gasteiger partial charge is 0.0654 e. The van der Waals surface area contributed by atoms with E-state index in [0.29, 0.717) is 5.41 Å². The highest BCUT2D eigenvalue weighted by atomic mass is 14.4. The Labute approximate surface area is 193 Å². The van der Waals surface area contributed by atoms with E-state index in [2.05, 4.69) is 34.6 Å². The molecule has 0 rings (SSSR count). The number of rotatable bonds is 24. The summed E-state index contributed by atoms with van der Waals surface area (Å²) in [5.41, 5.74) is 0.663. The van der Waals surface area contributed by atoms with Gasteiger partial charge in [-0.3, -0.25) is 0 Å². The quantitative estimate of drug-likeness (QED) is 0.136. The molecule has 30 heavy (non-hydrogen) atoms. The van der Waals surface area contributed by atoms with E-state index < -0.39 is 0 Å². The van der Waals surface area contributed by atoms with Crippen molar-refractivity contribution in [3.05, 3.63) is 0 Å². The Balaban J connectivity index is 5.31. The summed E-state index contributed by atoms with van der Waals surface area (Å²) in [6.45, 7) is 11.8. The average molecular weight is 423 g/mol. The molecule has 0 N–H and O–H groups in total. The summed E-state index contributed by atoms with van der Waals surface area (Å²) >= 11 is 0. The molecule has 0 aromatic rings. The summed E-state index contributed by atoms with van der Waals surface area (Å²) in [6.07, 6.45) is 33.6.